The molecule has 1 aromatic carbocycles. The average Bonchev–Trinajstić information content (AvgIpc) is 2.16. The predicted octanol–water partition coefficient (Wildman–Crippen LogP) is 1.01. The van der Waals surface area contributed by atoms with Crippen LogP contribution < -0.4 is 5.32 Å². The van der Waals surface area contributed by atoms with Gasteiger partial charge in [0, 0.05) is 18.2 Å². The Hall–Kier alpha value is -1.86. The van der Waals surface area contributed by atoms with Crippen LogP contribution in [-0.2, 0) is 11.4 Å². The minimum absolute atomic E-state index is 0.165. The van der Waals surface area contributed by atoms with Gasteiger partial charge in [-0.15, -0.1) is 0 Å². The van der Waals surface area contributed by atoms with Crippen molar-refractivity contribution in [2.75, 3.05) is 5.32 Å². The second-order valence-corrected chi connectivity index (χ2v) is 2.82. The van der Waals surface area contributed by atoms with Crippen LogP contribution in [0.1, 0.15) is 18.1 Å². The molecule has 0 aromatic heterocycles. The van der Waals surface area contributed by atoms with Crippen LogP contribution in [0.5, 0.6) is 0 Å². The molecule has 2 N–H and O–H groups in total. The maximum atomic E-state index is 10.8. The van der Waals surface area contributed by atoms with Crippen molar-refractivity contribution < 1.29 is 9.90 Å². The van der Waals surface area contributed by atoms with E-state index in [9.17, 15) is 4.79 Å². The van der Waals surface area contributed by atoms with Crippen LogP contribution in [0.3, 0.4) is 0 Å². The summed E-state index contributed by atoms with van der Waals surface area (Å²) in [5.74, 6) is -0.227. The van der Waals surface area contributed by atoms with Gasteiger partial charge in [-0.05, 0) is 12.1 Å². The summed E-state index contributed by atoms with van der Waals surface area (Å²) in [5, 5.41) is 20.1. The van der Waals surface area contributed by atoms with E-state index in [-0.39, 0.29) is 12.5 Å². The van der Waals surface area contributed by atoms with Crippen molar-refractivity contribution in [2.24, 2.45) is 0 Å². The zero-order chi connectivity index (χ0) is 10.6. The normalized spacial score (nSPS) is 9.21. The van der Waals surface area contributed by atoms with E-state index in [1.165, 1.54) is 13.0 Å². The second kappa shape index (κ2) is 4.40. The maximum Gasteiger partial charge on any atom is 0.221 e. The molecule has 0 saturated carbocycles. The van der Waals surface area contributed by atoms with Crippen molar-refractivity contribution in [3.05, 3.63) is 29.3 Å². The van der Waals surface area contributed by atoms with Crippen molar-refractivity contribution in [1.82, 2.24) is 0 Å². The summed E-state index contributed by atoms with van der Waals surface area (Å²) in [5.41, 5.74) is 1.53. The number of aliphatic hydroxyl groups is 1. The Morgan fingerprint density at radius 2 is 2.36 bits per heavy atom. The van der Waals surface area contributed by atoms with Crippen LogP contribution >= 0.6 is 0 Å². The number of hydrogen-bond donors (Lipinski definition) is 2. The number of hydrogen-bond acceptors (Lipinski definition) is 3. The first-order chi connectivity index (χ1) is 6.67. The SMILES string of the molecule is CC(=O)Nc1cc(C#N)ccc1CO. The topological polar surface area (TPSA) is 73.1 Å². The molecule has 0 atom stereocenters. The monoisotopic (exact) mass is 190 g/mol. The summed E-state index contributed by atoms with van der Waals surface area (Å²) in [7, 11) is 0. The van der Waals surface area contributed by atoms with E-state index in [4.69, 9.17) is 10.4 Å². The fourth-order valence-corrected chi connectivity index (χ4v) is 1.09. The van der Waals surface area contributed by atoms with E-state index < -0.39 is 0 Å². The Balaban J connectivity index is 3.09. The van der Waals surface area contributed by atoms with Crippen molar-refractivity contribution >= 4 is 11.6 Å². The van der Waals surface area contributed by atoms with Crippen LogP contribution in [0, 0.1) is 11.3 Å². The number of carbonyl (C=O) groups is 1. The number of anilines is 1. The highest BCUT2D eigenvalue weighted by Gasteiger charge is 2.04. The summed E-state index contributed by atoms with van der Waals surface area (Å²) in [6.07, 6.45) is 0. The highest BCUT2D eigenvalue weighted by molar-refractivity contribution is 5.89. The zero-order valence-corrected chi connectivity index (χ0v) is 7.74. The lowest BCUT2D eigenvalue weighted by molar-refractivity contribution is -0.114. The standard InChI is InChI=1S/C10H10N2O2/c1-7(14)12-10-4-8(5-11)2-3-9(10)6-13/h2-4,13H,6H2,1H3,(H,12,14). The molecule has 0 fully saturated rings. The molecule has 0 aliphatic rings. The van der Waals surface area contributed by atoms with Gasteiger partial charge in [-0.1, -0.05) is 6.07 Å². The molecule has 72 valence electrons. The van der Waals surface area contributed by atoms with E-state index >= 15 is 0 Å². The van der Waals surface area contributed by atoms with Gasteiger partial charge in [0.25, 0.3) is 0 Å². The molecule has 0 saturated heterocycles. The van der Waals surface area contributed by atoms with E-state index in [0.717, 1.165) is 0 Å². The number of nitriles is 1. The molecular weight excluding hydrogens is 180 g/mol. The van der Waals surface area contributed by atoms with Crippen molar-refractivity contribution in [3.63, 3.8) is 0 Å². The summed E-state index contributed by atoms with van der Waals surface area (Å²) >= 11 is 0. The third-order valence-electron chi connectivity index (χ3n) is 1.72. The molecule has 0 bridgehead atoms. The minimum atomic E-state index is -0.227. The van der Waals surface area contributed by atoms with Gasteiger partial charge in [-0.25, -0.2) is 0 Å². The minimum Gasteiger partial charge on any atom is -0.392 e. The molecule has 1 rings (SSSR count). The molecule has 4 heteroatoms. The highest BCUT2D eigenvalue weighted by Crippen LogP contribution is 2.17. The lowest BCUT2D eigenvalue weighted by atomic mass is 10.1. The Bertz CT molecular complexity index is 394. The second-order valence-electron chi connectivity index (χ2n) is 2.82. The fraction of sp³-hybridized carbons (Fsp3) is 0.200. The van der Waals surface area contributed by atoms with Gasteiger partial charge in [-0.2, -0.15) is 5.26 Å². The van der Waals surface area contributed by atoms with Crippen molar-refractivity contribution in [1.29, 1.82) is 5.26 Å². The van der Waals surface area contributed by atoms with Crippen LogP contribution in [0.25, 0.3) is 0 Å². The predicted molar refractivity (Wildman–Crippen MR) is 51.4 cm³/mol. The number of carbonyl (C=O) groups excluding carboxylic acids is 1. The third-order valence-corrected chi connectivity index (χ3v) is 1.72. The van der Waals surface area contributed by atoms with Gasteiger partial charge < -0.3 is 10.4 Å². The average molecular weight is 190 g/mol. The van der Waals surface area contributed by atoms with E-state index in [1.807, 2.05) is 6.07 Å². The Morgan fingerprint density at radius 1 is 1.64 bits per heavy atom. The number of nitrogens with zero attached hydrogens (tertiary/aromatic N) is 1. The molecule has 0 heterocycles. The smallest absolute Gasteiger partial charge is 0.221 e. The number of aliphatic hydroxyl groups excluding tert-OH is 1. The molecule has 1 aromatic rings. The van der Waals surface area contributed by atoms with Gasteiger partial charge in [-0.3, -0.25) is 4.79 Å². The third kappa shape index (κ3) is 2.31. The van der Waals surface area contributed by atoms with Crippen molar-refractivity contribution in [3.8, 4) is 6.07 Å². The van der Waals surface area contributed by atoms with Crippen molar-refractivity contribution in [2.45, 2.75) is 13.5 Å². The molecular formula is C10H10N2O2. The van der Waals surface area contributed by atoms with Crippen LogP contribution in [0.4, 0.5) is 5.69 Å². The number of benzene rings is 1. The summed E-state index contributed by atoms with van der Waals surface area (Å²) < 4.78 is 0. The molecule has 0 aliphatic heterocycles. The van der Waals surface area contributed by atoms with Gasteiger partial charge in [0.15, 0.2) is 0 Å². The fourth-order valence-electron chi connectivity index (χ4n) is 1.09. The highest BCUT2D eigenvalue weighted by atomic mass is 16.3. The number of amides is 1. The van der Waals surface area contributed by atoms with E-state index in [1.54, 1.807) is 12.1 Å². The summed E-state index contributed by atoms with van der Waals surface area (Å²) in [4.78, 5) is 10.8. The summed E-state index contributed by atoms with van der Waals surface area (Å²) in [6.45, 7) is 1.21. The Labute approximate surface area is 81.8 Å². The molecule has 0 unspecified atom stereocenters. The molecule has 4 nitrogen and oxygen atoms in total. The largest absolute Gasteiger partial charge is 0.392 e. The lowest BCUT2D eigenvalue weighted by Crippen LogP contribution is -2.08. The lowest BCUT2D eigenvalue weighted by Gasteiger charge is -2.07. The molecule has 0 spiro atoms. The van der Waals surface area contributed by atoms with Crippen LogP contribution in [0.2, 0.25) is 0 Å². The van der Waals surface area contributed by atoms with Crippen LogP contribution in [-0.4, -0.2) is 11.0 Å². The van der Waals surface area contributed by atoms with Gasteiger partial charge in [0.05, 0.1) is 18.2 Å². The Morgan fingerprint density at radius 3 is 2.86 bits per heavy atom. The van der Waals surface area contributed by atoms with E-state index in [2.05, 4.69) is 5.32 Å². The molecule has 0 aliphatic carbocycles. The summed E-state index contributed by atoms with van der Waals surface area (Å²) in [6, 6.07) is 6.70. The van der Waals surface area contributed by atoms with Crippen LogP contribution in [0.15, 0.2) is 18.2 Å². The van der Waals surface area contributed by atoms with Gasteiger partial charge in [0.1, 0.15) is 0 Å². The number of nitrogens with one attached hydrogen (secondary N) is 1. The molecule has 14 heavy (non-hydrogen) atoms. The number of rotatable bonds is 2. The van der Waals surface area contributed by atoms with E-state index in [0.29, 0.717) is 16.8 Å². The first-order valence-electron chi connectivity index (χ1n) is 4.09. The molecule has 1 amide bonds. The Kier molecular flexibility index (Phi) is 3.21. The first-order valence-corrected chi connectivity index (χ1v) is 4.09. The van der Waals surface area contributed by atoms with Gasteiger partial charge >= 0.3 is 0 Å². The van der Waals surface area contributed by atoms with Gasteiger partial charge in [0.2, 0.25) is 5.91 Å². The quantitative estimate of drug-likeness (QED) is 0.730. The molecule has 0 radical (unpaired) electrons. The first kappa shape index (κ1) is 10.2. The maximum absolute atomic E-state index is 10.8. The zero-order valence-electron chi connectivity index (χ0n) is 7.74.